The summed E-state index contributed by atoms with van der Waals surface area (Å²) in [4.78, 5) is 28.6. The molecule has 0 saturated carbocycles. The van der Waals surface area contributed by atoms with Gasteiger partial charge in [-0.25, -0.2) is 0 Å². The number of hydrogen-bond donors (Lipinski definition) is 1. The molecule has 7 nitrogen and oxygen atoms in total. The van der Waals surface area contributed by atoms with E-state index in [1.807, 2.05) is 17.1 Å². The number of nitrogens with one attached hydrogen (secondary N) is 1. The predicted molar refractivity (Wildman–Crippen MR) is 99.2 cm³/mol. The Morgan fingerprint density at radius 3 is 2.48 bits per heavy atom. The van der Waals surface area contributed by atoms with E-state index in [4.69, 9.17) is 0 Å². The molecule has 4 heterocycles. The van der Waals surface area contributed by atoms with Gasteiger partial charge in [0, 0.05) is 49.9 Å². The number of likely N-dealkylation sites (tertiary alicyclic amines) is 1. The zero-order chi connectivity index (χ0) is 18.4. The van der Waals surface area contributed by atoms with E-state index in [0.717, 1.165) is 32.7 Å². The third kappa shape index (κ3) is 2.87. The first-order valence-corrected chi connectivity index (χ1v) is 9.53. The molecule has 27 heavy (non-hydrogen) atoms. The van der Waals surface area contributed by atoms with E-state index in [1.165, 1.54) is 16.9 Å². The average Bonchev–Trinajstić information content (AvgIpc) is 3.35. The molecule has 0 bridgehead atoms. The van der Waals surface area contributed by atoms with E-state index in [-0.39, 0.29) is 11.8 Å². The number of rotatable bonds is 5. The van der Waals surface area contributed by atoms with Crippen LogP contribution in [0.25, 0.3) is 0 Å². The molecule has 7 heteroatoms. The minimum Gasteiger partial charge on any atom is -0.316 e. The lowest BCUT2D eigenvalue weighted by molar-refractivity contribution is 0.0103. The first-order chi connectivity index (χ1) is 13.1. The van der Waals surface area contributed by atoms with Crippen molar-refractivity contribution in [3.63, 3.8) is 0 Å². The highest BCUT2D eigenvalue weighted by molar-refractivity contribution is 6.21. The summed E-state index contributed by atoms with van der Waals surface area (Å²) < 4.78 is 1.82. The Bertz CT molecular complexity index is 856. The summed E-state index contributed by atoms with van der Waals surface area (Å²) in [5, 5.41) is 7.86. The number of hydrogen-bond acceptors (Lipinski definition) is 5. The van der Waals surface area contributed by atoms with Gasteiger partial charge in [0.05, 0.1) is 23.9 Å². The molecule has 0 radical (unpaired) electrons. The van der Waals surface area contributed by atoms with Crippen LogP contribution in [0, 0.1) is 5.41 Å². The molecule has 0 atom stereocenters. The number of carbonyl (C=O) groups is 2. The molecule has 2 aromatic rings. The van der Waals surface area contributed by atoms with Crippen molar-refractivity contribution in [2.45, 2.75) is 19.5 Å². The highest BCUT2D eigenvalue weighted by Crippen LogP contribution is 2.36. The summed E-state index contributed by atoms with van der Waals surface area (Å²) in [5.41, 5.74) is 2.67. The van der Waals surface area contributed by atoms with Gasteiger partial charge < -0.3 is 5.32 Å². The first-order valence-electron chi connectivity index (χ1n) is 9.53. The Balaban J connectivity index is 1.16. The van der Waals surface area contributed by atoms with Crippen LogP contribution in [0.3, 0.4) is 0 Å². The molecule has 3 aliphatic heterocycles. The molecule has 1 aromatic carbocycles. The molecular formula is C20H23N5O2. The van der Waals surface area contributed by atoms with Crippen molar-refractivity contribution in [2.75, 3.05) is 32.7 Å². The third-order valence-corrected chi connectivity index (χ3v) is 5.97. The Labute approximate surface area is 157 Å². The average molecular weight is 365 g/mol. The van der Waals surface area contributed by atoms with Crippen molar-refractivity contribution in [1.29, 1.82) is 0 Å². The van der Waals surface area contributed by atoms with Crippen LogP contribution >= 0.6 is 0 Å². The monoisotopic (exact) mass is 365 g/mol. The maximum Gasteiger partial charge on any atom is 0.261 e. The van der Waals surface area contributed by atoms with Gasteiger partial charge in [-0.15, -0.1) is 0 Å². The number of amides is 2. The van der Waals surface area contributed by atoms with E-state index in [0.29, 0.717) is 29.6 Å². The van der Waals surface area contributed by atoms with Gasteiger partial charge in [-0.05, 0) is 25.1 Å². The Morgan fingerprint density at radius 1 is 1.07 bits per heavy atom. The van der Waals surface area contributed by atoms with Crippen molar-refractivity contribution in [3.8, 4) is 0 Å². The largest absolute Gasteiger partial charge is 0.316 e. The topological polar surface area (TPSA) is 70.5 Å². The molecule has 140 valence electrons. The molecule has 1 N–H and O–H groups in total. The SMILES string of the molecule is O=C1c2ccccc2C(=O)N1CCn1cc(CN2CC3(CCNC3)C2)cn1. The fourth-order valence-electron chi connectivity index (χ4n) is 4.59. The van der Waals surface area contributed by atoms with Crippen LogP contribution in [0.4, 0.5) is 0 Å². The summed E-state index contributed by atoms with van der Waals surface area (Å²) >= 11 is 0. The summed E-state index contributed by atoms with van der Waals surface area (Å²) in [6.45, 7) is 6.35. The van der Waals surface area contributed by atoms with Gasteiger partial charge in [0.15, 0.2) is 0 Å². The number of benzene rings is 1. The lowest BCUT2D eigenvalue weighted by Crippen LogP contribution is -2.56. The second-order valence-electron chi connectivity index (χ2n) is 7.99. The second kappa shape index (κ2) is 6.28. The standard InChI is InChI=1S/C20H23N5O2/c26-18-16-3-1-2-4-17(16)19(27)25(18)8-7-24-11-15(9-22-24)10-23-13-20(14-23)5-6-21-12-20/h1-4,9,11,21H,5-8,10,12-14H2. The Kier molecular flexibility index (Phi) is 3.87. The van der Waals surface area contributed by atoms with Gasteiger partial charge in [-0.2, -0.15) is 5.10 Å². The van der Waals surface area contributed by atoms with Crippen LogP contribution < -0.4 is 5.32 Å². The summed E-state index contributed by atoms with van der Waals surface area (Å²) in [6, 6.07) is 6.99. The number of imide groups is 1. The number of nitrogens with zero attached hydrogens (tertiary/aromatic N) is 4. The van der Waals surface area contributed by atoms with Crippen LogP contribution in [-0.4, -0.2) is 64.1 Å². The minimum atomic E-state index is -0.209. The van der Waals surface area contributed by atoms with Gasteiger partial charge in [0.1, 0.15) is 0 Å². The van der Waals surface area contributed by atoms with Gasteiger partial charge in [0.25, 0.3) is 11.8 Å². The van der Waals surface area contributed by atoms with Crippen molar-refractivity contribution in [3.05, 3.63) is 53.3 Å². The summed E-state index contributed by atoms with van der Waals surface area (Å²) in [5.74, 6) is -0.418. The fourth-order valence-corrected chi connectivity index (χ4v) is 4.59. The molecule has 0 unspecified atom stereocenters. The molecule has 5 rings (SSSR count). The van der Waals surface area contributed by atoms with E-state index >= 15 is 0 Å². The van der Waals surface area contributed by atoms with Gasteiger partial charge in [-0.3, -0.25) is 24.1 Å². The fraction of sp³-hybridized carbons (Fsp3) is 0.450. The Hall–Kier alpha value is -2.51. The predicted octanol–water partition coefficient (Wildman–Crippen LogP) is 0.975. The zero-order valence-corrected chi connectivity index (χ0v) is 15.2. The smallest absolute Gasteiger partial charge is 0.261 e. The van der Waals surface area contributed by atoms with Gasteiger partial charge in [0.2, 0.25) is 0 Å². The molecular weight excluding hydrogens is 342 g/mol. The normalized spacial score (nSPS) is 21.1. The number of carbonyl (C=O) groups excluding carboxylic acids is 2. The molecule has 0 aliphatic carbocycles. The van der Waals surface area contributed by atoms with Crippen LogP contribution in [0.15, 0.2) is 36.7 Å². The van der Waals surface area contributed by atoms with E-state index in [2.05, 4.69) is 15.3 Å². The maximum atomic E-state index is 12.4. The molecule has 2 amide bonds. The quantitative estimate of drug-likeness (QED) is 0.800. The molecule has 3 aliphatic rings. The lowest BCUT2D eigenvalue weighted by Gasteiger charge is -2.47. The van der Waals surface area contributed by atoms with Crippen molar-refractivity contribution in [2.24, 2.45) is 5.41 Å². The maximum absolute atomic E-state index is 12.4. The van der Waals surface area contributed by atoms with Crippen molar-refractivity contribution >= 4 is 11.8 Å². The summed E-state index contributed by atoms with van der Waals surface area (Å²) in [7, 11) is 0. The lowest BCUT2D eigenvalue weighted by atomic mass is 9.79. The minimum absolute atomic E-state index is 0.209. The van der Waals surface area contributed by atoms with Crippen molar-refractivity contribution in [1.82, 2.24) is 24.9 Å². The van der Waals surface area contributed by atoms with E-state index in [1.54, 1.807) is 24.3 Å². The first kappa shape index (κ1) is 16.6. The number of aromatic nitrogens is 2. The molecule has 1 spiro atoms. The summed E-state index contributed by atoms with van der Waals surface area (Å²) in [6.07, 6.45) is 5.19. The molecule has 2 fully saturated rings. The molecule has 2 saturated heterocycles. The van der Waals surface area contributed by atoms with Crippen LogP contribution in [-0.2, 0) is 13.1 Å². The highest BCUT2D eigenvalue weighted by atomic mass is 16.2. The van der Waals surface area contributed by atoms with Gasteiger partial charge in [-0.1, -0.05) is 12.1 Å². The number of fused-ring (bicyclic) bond motifs is 1. The van der Waals surface area contributed by atoms with Crippen molar-refractivity contribution < 1.29 is 9.59 Å². The molecule has 1 aromatic heterocycles. The zero-order valence-electron chi connectivity index (χ0n) is 15.2. The Morgan fingerprint density at radius 2 is 1.81 bits per heavy atom. The van der Waals surface area contributed by atoms with Crippen LogP contribution in [0.2, 0.25) is 0 Å². The highest BCUT2D eigenvalue weighted by Gasteiger charge is 2.44. The third-order valence-electron chi connectivity index (χ3n) is 5.97. The van der Waals surface area contributed by atoms with Gasteiger partial charge >= 0.3 is 0 Å². The van der Waals surface area contributed by atoms with Crippen LogP contribution in [0.5, 0.6) is 0 Å². The van der Waals surface area contributed by atoms with E-state index in [9.17, 15) is 9.59 Å². The van der Waals surface area contributed by atoms with E-state index < -0.39 is 0 Å². The second-order valence-corrected chi connectivity index (χ2v) is 7.99. The van der Waals surface area contributed by atoms with Crippen LogP contribution in [0.1, 0.15) is 32.7 Å².